The molecule has 0 aliphatic rings. The molecule has 1 amide bonds. The van der Waals surface area contributed by atoms with E-state index in [1.165, 1.54) is 26.2 Å². The summed E-state index contributed by atoms with van der Waals surface area (Å²) < 4.78 is 10.5. The number of anilines is 1. The number of ketones is 1. The van der Waals surface area contributed by atoms with Crippen LogP contribution in [0.4, 0.5) is 5.69 Å². The van der Waals surface area contributed by atoms with Crippen molar-refractivity contribution in [3.8, 4) is 11.5 Å². The summed E-state index contributed by atoms with van der Waals surface area (Å²) in [4.78, 5) is 34.6. The van der Waals surface area contributed by atoms with Gasteiger partial charge in [0.05, 0.1) is 25.0 Å². The minimum Gasteiger partial charge on any atom is -0.497 e. The molecular formula is C20H21NO6. The van der Waals surface area contributed by atoms with E-state index in [1.54, 1.807) is 30.3 Å². The Labute approximate surface area is 156 Å². The third kappa shape index (κ3) is 5.85. The highest BCUT2D eigenvalue weighted by atomic mass is 16.5. The lowest BCUT2D eigenvalue weighted by molar-refractivity contribution is -0.116. The standard InChI is InChI=1S/C20H21NO6/c1-13(22)14-5-7-15(8-6-14)27-11-3-4-19(23)21-18-10-9-16(26-2)12-17(18)20(24)25/h5-10,12H,3-4,11H2,1-2H3,(H,21,23)(H,24,25). The summed E-state index contributed by atoms with van der Waals surface area (Å²) >= 11 is 0. The fraction of sp³-hybridized carbons (Fsp3) is 0.250. The zero-order chi connectivity index (χ0) is 19.8. The van der Waals surface area contributed by atoms with Crippen LogP contribution in [0.5, 0.6) is 11.5 Å². The number of carbonyl (C=O) groups is 3. The van der Waals surface area contributed by atoms with Gasteiger partial charge in [-0.2, -0.15) is 0 Å². The molecule has 0 unspecified atom stereocenters. The van der Waals surface area contributed by atoms with E-state index < -0.39 is 5.97 Å². The molecule has 27 heavy (non-hydrogen) atoms. The molecule has 2 rings (SSSR count). The van der Waals surface area contributed by atoms with Crippen LogP contribution >= 0.6 is 0 Å². The molecule has 7 nitrogen and oxygen atoms in total. The highest BCUT2D eigenvalue weighted by Gasteiger charge is 2.13. The van der Waals surface area contributed by atoms with Crippen molar-refractivity contribution < 1.29 is 29.0 Å². The number of hydrogen-bond donors (Lipinski definition) is 2. The zero-order valence-corrected chi connectivity index (χ0v) is 15.2. The van der Waals surface area contributed by atoms with Gasteiger partial charge in [-0.1, -0.05) is 0 Å². The molecule has 0 aliphatic carbocycles. The van der Waals surface area contributed by atoms with E-state index in [9.17, 15) is 19.5 Å². The smallest absolute Gasteiger partial charge is 0.337 e. The summed E-state index contributed by atoms with van der Waals surface area (Å²) in [5.41, 5.74) is 0.786. The third-order valence-corrected chi connectivity index (χ3v) is 3.81. The monoisotopic (exact) mass is 371 g/mol. The number of nitrogens with one attached hydrogen (secondary N) is 1. The summed E-state index contributed by atoms with van der Waals surface area (Å²) in [5, 5.41) is 11.8. The van der Waals surface area contributed by atoms with Crippen molar-refractivity contribution in [2.24, 2.45) is 0 Å². The van der Waals surface area contributed by atoms with Crippen LogP contribution in [-0.4, -0.2) is 36.5 Å². The van der Waals surface area contributed by atoms with Crippen molar-refractivity contribution in [1.29, 1.82) is 0 Å². The summed E-state index contributed by atoms with van der Waals surface area (Å²) in [6.45, 7) is 1.81. The Morgan fingerprint density at radius 1 is 1.04 bits per heavy atom. The van der Waals surface area contributed by atoms with Gasteiger partial charge in [-0.15, -0.1) is 0 Å². The molecule has 7 heteroatoms. The number of carboxylic acid groups (broad SMARTS) is 1. The van der Waals surface area contributed by atoms with Crippen molar-refractivity contribution in [2.45, 2.75) is 19.8 Å². The average Bonchev–Trinajstić information content (AvgIpc) is 2.65. The molecule has 0 spiro atoms. The Kier molecular flexibility index (Phi) is 6.93. The minimum atomic E-state index is -1.15. The van der Waals surface area contributed by atoms with Gasteiger partial charge < -0.3 is 19.9 Å². The van der Waals surface area contributed by atoms with Crippen molar-refractivity contribution in [2.75, 3.05) is 19.0 Å². The molecule has 0 atom stereocenters. The maximum absolute atomic E-state index is 12.0. The summed E-state index contributed by atoms with van der Waals surface area (Å²) in [7, 11) is 1.44. The maximum Gasteiger partial charge on any atom is 0.337 e. The van der Waals surface area contributed by atoms with E-state index in [2.05, 4.69) is 5.32 Å². The van der Waals surface area contributed by atoms with Crippen LogP contribution in [0.3, 0.4) is 0 Å². The number of benzene rings is 2. The number of Topliss-reactive ketones (excluding diaryl/α,β-unsaturated/α-hetero) is 1. The van der Waals surface area contributed by atoms with Crippen LogP contribution in [0.15, 0.2) is 42.5 Å². The van der Waals surface area contributed by atoms with E-state index in [0.29, 0.717) is 30.1 Å². The highest BCUT2D eigenvalue weighted by molar-refractivity contribution is 6.00. The number of amides is 1. The van der Waals surface area contributed by atoms with Gasteiger partial charge in [0.1, 0.15) is 11.5 Å². The fourth-order valence-corrected chi connectivity index (χ4v) is 2.36. The van der Waals surface area contributed by atoms with Crippen LogP contribution < -0.4 is 14.8 Å². The predicted octanol–water partition coefficient (Wildman–Crippen LogP) is 3.39. The first-order valence-electron chi connectivity index (χ1n) is 8.35. The lowest BCUT2D eigenvalue weighted by Crippen LogP contribution is -2.15. The van der Waals surface area contributed by atoms with E-state index in [0.717, 1.165) is 0 Å². The van der Waals surface area contributed by atoms with Gasteiger partial charge in [0.25, 0.3) is 0 Å². The normalized spacial score (nSPS) is 10.1. The molecule has 2 aromatic rings. The second-order valence-electron chi connectivity index (χ2n) is 5.80. The van der Waals surface area contributed by atoms with Gasteiger partial charge in [0, 0.05) is 12.0 Å². The predicted molar refractivity (Wildman–Crippen MR) is 99.8 cm³/mol. The fourth-order valence-electron chi connectivity index (χ4n) is 2.36. The van der Waals surface area contributed by atoms with Crippen molar-refractivity contribution in [3.63, 3.8) is 0 Å². The molecule has 0 radical (unpaired) electrons. The van der Waals surface area contributed by atoms with Gasteiger partial charge in [0.15, 0.2) is 5.78 Å². The van der Waals surface area contributed by atoms with Gasteiger partial charge in [-0.3, -0.25) is 9.59 Å². The second-order valence-corrected chi connectivity index (χ2v) is 5.80. The molecule has 142 valence electrons. The van der Waals surface area contributed by atoms with E-state index in [1.807, 2.05) is 0 Å². The molecule has 0 heterocycles. The second kappa shape index (κ2) is 9.38. The SMILES string of the molecule is COc1ccc(NC(=O)CCCOc2ccc(C(C)=O)cc2)c(C(=O)O)c1. The number of hydrogen-bond acceptors (Lipinski definition) is 5. The van der Waals surface area contributed by atoms with Crippen LogP contribution in [0.2, 0.25) is 0 Å². The number of carbonyl (C=O) groups excluding carboxylic acids is 2. The number of carboxylic acids is 1. The quantitative estimate of drug-likeness (QED) is 0.517. The number of ether oxygens (including phenoxy) is 2. The average molecular weight is 371 g/mol. The Hall–Kier alpha value is -3.35. The number of aromatic carboxylic acids is 1. The first kappa shape index (κ1) is 20.0. The van der Waals surface area contributed by atoms with E-state index in [4.69, 9.17) is 9.47 Å². The van der Waals surface area contributed by atoms with Gasteiger partial charge >= 0.3 is 5.97 Å². The molecule has 0 fully saturated rings. The topological polar surface area (TPSA) is 102 Å². The Bertz CT molecular complexity index is 829. The van der Waals surface area contributed by atoms with Gasteiger partial charge in [-0.05, 0) is 55.8 Å². The lowest BCUT2D eigenvalue weighted by Gasteiger charge is -2.10. The van der Waals surface area contributed by atoms with Crippen molar-refractivity contribution in [1.82, 2.24) is 0 Å². The Morgan fingerprint density at radius 3 is 2.30 bits per heavy atom. The van der Waals surface area contributed by atoms with Gasteiger partial charge in [-0.25, -0.2) is 4.79 Å². The molecule has 2 N–H and O–H groups in total. The van der Waals surface area contributed by atoms with Crippen molar-refractivity contribution >= 4 is 23.3 Å². The molecule has 2 aromatic carbocycles. The molecule has 0 aromatic heterocycles. The zero-order valence-electron chi connectivity index (χ0n) is 15.2. The summed E-state index contributed by atoms with van der Waals surface area (Å²) in [5.74, 6) is -0.462. The molecule has 0 bridgehead atoms. The van der Waals surface area contributed by atoms with Crippen molar-refractivity contribution in [3.05, 3.63) is 53.6 Å². The lowest BCUT2D eigenvalue weighted by atomic mass is 10.1. The first-order valence-corrected chi connectivity index (χ1v) is 8.35. The van der Waals surface area contributed by atoms with Crippen LogP contribution in [0, 0.1) is 0 Å². The maximum atomic E-state index is 12.0. The third-order valence-electron chi connectivity index (χ3n) is 3.81. The summed E-state index contributed by atoms with van der Waals surface area (Å²) in [6, 6.07) is 11.2. The van der Waals surface area contributed by atoms with E-state index in [-0.39, 0.29) is 29.4 Å². The van der Waals surface area contributed by atoms with Crippen LogP contribution in [0.1, 0.15) is 40.5 Å². The summed E-state index contributed by atoms with van der Waals surface area (Å²) in [6.07, 6.45) is 0.634. The number of methoxy groups -OCH3 is 1. The van der Waals surface area contributed by atoms with Crippen LogP contribution in [0.25, 0.3) is 0 Å². The van der Waals surface area contributed by atoms with Gasteiger partial charge in [0.2, 0.25) is 5.91 Å². The highest BCUT2D eigenvalue weighted by Crippen LogP contribution is 2.22. The molecule has 0 saturated heterocycles. The van der Waals surface area contributed by atoms with Crippen LogP contribution in [-0.2, 0) is 4.79 Å². The van der Waals surface area contributed by atoms with E-state index >= 15 is 0 Å². The minimum absolute atomic E-state index is 0.0162. The Morgan fingerprint density at radius 2 is 1.70 bits per heavy atom. The molecular weight excluding hydrogens is 350 g/mol. The Balaban J connectivity index is 1.82. The largest absolute Gasteiger partial charge is 0.497 e. The molecule has 0 aliphatic heterocycles. The first-order chi connectivity index (χ1) is 12.9. The number of rotatable bonds is 9. The molecule has 0 saturated carbocycles.